The molecule has 7 nitrogen and oxygen atoms in total. The van der Waals surface area contributed by atoms with Crippen molar-refractivity contribution >= 4 is 33.3 Å². The van der Waals surface area contributed by atoms with E-state index in [1.165, 1.54) is 0 Å². The van der Waals surface area contributed by atoms with Gasteiger partial charge in [0.2, 0.25) is 5.91 Å². The quantitative estimate of drug-likeness (QED) is 0.646. The second-order valence-electron chi connectivity index (χ2n) is 7.35. The molecule has 0 bridgehead atoms. The van der Waals surface area contributed by atoms with Gasteiger partial charge in [0.1, 0.15) is 0 Å². The van der Waals surface area contributed by atoms with Crippen LogP contribution in [0.3, 0.4) is 0 Å². The van der Waals surface area contributed by atoms with Crippen molar-refractivity contribution in [3.63, 3.8) is 0 Å². The van der Waals surface area contributed by atoms with E-state index in [1.807, 2.05) is 56.3 Å². The minimum atomic E-state index is 0.00663. The minimum Gasteiger partial charge on any atom is -0.355 e. The summed E-state index contributed by atoms with van der Waals surface area (Å²) in [5.41, 5.74) is 2.80. The number of aromatic nitrogens is 4. The summed E-state index contributed by atoms with van der Waals surface area (Å²) in [6, 6.07) is 13.6. The Morgan fingerprint density at radius 1 is 1.07 bits per heavy atom. The maximum absolute atomic E-state index is 12.6. The summed E-state index contributed by atoms with van der Waals surface area (Å²) in [4.78, 5) is 14.8. The van der Waals surface area contributed by atoms with Gasteiger partial charge in [-0.05, 0) is 63.1 Å². The zero-order valence-corrected chi connectivity index (χ0v) is 18.1. The Hall–Kier alpha value is -2.74. The molecule has 0 atom stereocenters. The first kappa shape index (κ1) is 19.6. The monoisotopic (exact) mass is 454 g/mol. The number of hydrogen-bond acceptors (Lipinski definition) is 5. The standard InChI is InChI=1S/C21H23BrN6O/c1-14-12-15(2)28(26-14)20-7-6-19(24-25-20)27-10-8-16(9-11-27)21(29)23-18-5-3-4-17(22)13-18/h3-7,12-13,16H,8-11H2,1-2H3,(H,23,29). The highest BCUT2D eigenvalue weighted by atomic mass is 79.9. The molecule has 1 saturated heterocycles. The molecule has 1 aromatic carbocycles. The lowest BCUT2D eigenvalue weighted by Gasteiger charge is -2.31. The SMILES string of the molecule is Cc1cc(C)n(-c2ccc(N3CCC(C(=O)Nc4cccc(Br)c4)CC3)nn2)n1. The number of carbonyl (C=O) groups excluding carboxylic acids is 1. The number of nitrogens with zero attached hydrogens (tertiary/aromatic N) is 5. The largest absolute Gasteiger partial charge is 0.355 e. The van der Waals surface area contributed by atoms with E-state index >= 15 is 0 Å². The second-order valence-corrected chi connectivity index (χ2v) is 8.27. The molecule has 1 fully saturated rings. The van der Waals surface area contributed by atoms with Crippen LogP contribution in [0.2, 0.25) is 0 Å². The van der Waals surface area contributed by atoms with E-state index < -0.39 is 0 Å². The molecular formula is C21H23BrN6O. The summed E-state index contributed by atoms with van der Waals surface area (Å²) in [6.07, 6.45) is 1.58. The highest BCUT2D eigenvalue weighted by molar-refractivity contribution is 9.10. The molecule has 0 radical (unpaired) electrons. The van der Waals surface area contributed by atoms with Gasteiger partial charge >= 0.3 is 0 Å². The molecular weight excluding hydrogens is 432 g/mol. The number of halogens is 1. The topological polar surface area (TPSA) is 75.9 Å². The molecule has 1 amide bonds. The van der Waals surface area contributed by atoms with E-state index in [-0.39, 0.29) is 11.8 Å². The van der Waals surface area contributed by atoms with Crippen LogP contribution in [0.5, 0.6) is 0 Å². The minimum absolute atomic E-state index is 0.00663. The third-order valence-electron chi connectivity index (χ3n) is 5.14. The van der Waals surface area contributed by atoms with Crippen LogP contribution in [-0.4, -0.2) is 39.0 Å². The molecule has 29 heavy (non-hydrogen) atoms. The van der Waals surface area contributed by atoms with Crippen LogP contribution in [0.1, 0.15) is 24.2 Å². The number of anilines is 2. The molecule has 1 aliphatic heterocycles. The fourth-order valence-electron chi connectivity index (χ4n) is 3.64. The van der Waals surface area contributed by atoms with Crippen LogP contribution < -0.4 is 10.2 Å². The Bertz CT molecular complexity index is 1010. The zero-order chi connectivity index (χ0) is 20.4. The van der Waals surface area contributed by atoms with Gasteiger partial charge in [0.05, 0.1) is 5.69 Å². The van der Waals surface area contributed by atoms with Crippen LogP contribution in [0, 0.1) is 19.8 Å². The summed E-state index contributed by atoms with van der Waals surface area (Å²) in [5, 5.41) is 16.2. The maximum atomic E-state index is 12.6. The molecule has 0 spiro atoms. The lowest BCUT2D eigenvalue weighted by molar-refractivity contribution is -0.120. The van der Waals surface area contributed by atoms with Gasteiger partial charge in [0.15, 0.2) is 11.6 Å². The fraction of sp³-hybridized carbons (Fsp3) is 0.333. The third-order valence-corrected chi connectivity index (χ3v) is 5.64. The lowest BCUT2D eigenvalue weighted by Crippen LogP contribution is -2.38. The highest BCUT2D eigenvalue weighted by Crippen LogP contribution is 2.24. The van der Waals surface area contributed by atoms with E-state index in [0.29, 0.717) is 5.82 Å². The maximum Gasteiger partial charge on any atom is 0.227 e. The van der Waals surface area contributed by atoms with Crippen molar-refractivity contribution in [2.24, 2.45) is 5.92 Å². The molecule has 1 aliphatic rings. The van der Waals surface area contributed by atoms with Crippen LogP contribution in [0.4, 0.5) is 11.5 Å². The Morgan fingerprint density at radius 2 is 1.79 bits per heavy atom. The first-order chi connectivity index (χ1) is 14.0. The Balaban J connectivity index is 1.35. The van der Waals surface area contributed by atoms with Crippen molar-refractivity contribution in [2.75, 3.05) is 23.3 Å². The molecule has 8 heteroatoms. The predicted molar refractivity (Wildman–Crippen MR) is 116 cm³/mol. The van der Waals surface area contributed by atoms with Gasteiger partial charge in [-0.1, -0.05) is 22.0 Å². The Kier molecular flexibility index (Phi) is 5.62. The summed E-state index contributed by atoms with van der Waals surface area (Å²) in [5.74, 6) is 1.63. The summed E-state index contributed by atoms with van der Waals surface area (Å²) in [7, 11) is 0. The first-order valence-corrected chi connectivity index (χ1v) is 10.5. The van der Waals surface area contributed by atoms with Gasteiger partial charge in [-0.2, -0.15) is 5.10 Å². The first-order valence-electron chi connectivity index (χ1n) is 9.68. The Labute approximate surface area is 178 Å². The van der Waals surface area contributed by atoms with E-state index in [0.717, 1.165) is 53.3 Å². The average Bonchev–Trinajstić information content (AvgIpc) is 3.06. The average molecular weight is 455 g/mol. The van der Waals surface area contributed by atoms with Gasteiger partial charge in [-0.3, -0.25) is 4.79 Å². The number of carbonyl (C=O) groups is 1. The van der Waals surface area contributed by atoms with Gasteiger partial charge in [0, 0.05) is 34.9 Å². The van der Waals surface area contributed by atoms with Gasteiger partial charge in [-0.15, -0.1) is 10.2 Å². The van der Waals surface area contributed by atoms with Crippen LogP contribution >= 0.6 is 15.9 Å². The molecule has 0 unspecified atom stereocenters. The van der Waals surface area contributed by atoms with E-state index in [2.05, 4.69) is 41.4 Å². The molecule has 4 rings (SSSR count). The number of rotatable bonds is 4. The fourth-order valence-corrected chi connectivity index (χ4v) is 4.04. The normalized spacial score (nSPS) is 14.8. The lowest BCUT2D eigenvalue weighted by atomic mass is 9.96. The number of benzene rings is 1. The van der Waals surface area contributed by atoms with Crippen molar-refractivity contribution in [3.8, 4) is 5.82 Å². The number of nitrogens with one attached hydrogen (secondary N) is 1. The highest BCUT2D eigenvalue weighted by Gasteiger charge is 2.26. The van der Waals surface area contributed by atoms with Crippen molar-refractivity contribution in [1.29, 1.82) is 0 Å². The molecule has 150 valence electrons. The summed E-state index contributed by atoms with van der Waals surface area (Å²) in [6.45, 7) is 5.52. The van der Waals surface area contributed by atoms with Crippen molar-refractivity contribution in [3.05, 3.63) is 58.3 Å². The second kappa shape index (κ2) is 8.32. The molecule has 3 aromatic rings. The molecule has 0 aliphatic carbocycles. The van der Waals surface area contributed by atoms with E-state index in [4.69, 9.17) is 0 Å². The van der Waals surface area contributed by atoms with Crippen LogP contribution in [0.15, 0.2) is 46.9 Å². The smallest absolute Gasteiger partial charge is 0.227 e. The zero-order valence-electron chi connectivity index (χ0n) is 16.5. The summed E-state index contributed by atoms with van der Waals surface area (Å²) < 4.78 is 2.75. The number of aryl methyl sites for hydroxylation is 2. The van der Waals surface area contributed by atoms with E-state index in [9.17, 15) is 4.79 Å². The van der Waals surface area contributed by atoms with Gasteiger partial charge in [-0.25, -0.2) is 4.68 Å². The van der Waals surface area contributed by atoms with Crippen molar-refractivity contribution in [2.45, 2.75) is 26.7 Å². The van der Waals surface area contributed by atoms with Gasteiger partial charge in [0.25, 0.3) is 0 Å². The predicted octanol–water partition coefficient (Wildman–Crippen LogP) is 3.90. The molecule has 0 saturated carbocycles. The van der Waals surface area contributed by atoms with E-state index in [1.54, 1.807) is 4.68 Å². The van der Waals surface area contributed by atoms with Crippen molar-refractivity contribution < 1.29 is 4.79 Å². The van der Waals surface area contributed by atoms with Gasteiger partial charge < -0.3 is 10.2 Å². The number of amides is 1. The molecule has 1 N–H and O–H groups in total. The Morgan fingerprint density at radius 3 is 2.41 bits per heavy atom. The summed E-state index contributed by atoms with van der Waals surface area (Å²) >= 11 is 3.43. The molecule has 3 heterocycles. The number of piperidine rings is 1. The van der Waals surface area contributed by atoms with Crippen molar-refractivity contribution in [1.82, 2.24) is 20.0 Å². The van der Waals surface area contributed by atoms with Crippen LogP contribution in [0.25, 0.3) is 5.82 Å². The molecule has 2 aromatic heterocycles. The third kappa shape index (κ3) is 4.48. The number of hydrogen-bond donors (Lipinski definition) is 1. The van der Waals surface area contributed by atoms with Crippen LogP contribution in [-0.2, 0) is 4.79 Å².